The summed E-state index contributed by atoms with van der Waals surface area (Å²) >= 11 is 5.98. The highest BCUT2D eigenvalue weighted by Crippen LogP contribution is 2.22. The van der Waals surface area contributed by atoms with Crippen molar-refractivity contribution in [2.75, 3.05) is 23.7 Å². The Bertz CT molecular complexity index is 1360. The van der Waals surface area contributed by atoms with Gasteiger partial charge in [-0.3, -0.25) is 13.9 Å². The Morgan fingerprint density at radius 2 is 1.60 bits per heavy atom. The van der Waals surface area contributed by atoms with Gasteiger partial charge in [0.05, 0.1) is 11.9 Å². The number of anilines is 1. The minimum absolute atomic E-state index is 0.0812. The number of halogens is 1. The van der Waals surface area contributed by atoms with Crippen LogP contribution >= 0.6 is 11.6 Å². The molecule has 0 saturated carbocycles. The molecular formula is C31H38ClN3O4S. The van der Waals surface area contributed by atoms with Crippen molar-refractivity contribution >= 4 is 39.1 Å². The SMILES string of the molecule is CCCNC(=O)C(Cc1ccccc1)N(Cc1ccccc1C)C(=O)CCCN(c1ccc(Cl)cc1)S(C)(=O)=O. The molecule has 0 saturated heterocycles. The minimum atomic E-state index is -3.58. The van der Waals surface area contributed by atoms with Crippen LogP contribution in [0.2, 0.25) is 5.02 Å². The number of benzene rings is 3. The van der Waals surface area contributed by atoms with Gasteiger partial charge in [0.15, 0.2) is 0 Å². The number of hydrogen-bond donors (Lipinski definition) is 1. The summed E-state index contributed by atoms with van der Waals surface area (Å²) in [5.74, 6) is -0.410. The summed E-state index contributed by atoms with van der Waals surface area (Å²) in [4.78, 5) is 28.9. The molecule has 0 spiro atoms. The van der Waals surface area contributed by atoms with E-state index in [-0.39, 0.29) is 37.7 Å². The van der Waals surface area contributed by atoms with E-state index in [1.165, 1.54) is 4.31 Å². The molecule has 0 radical (unpaired) electrons. The Morgan fingerprint density at radius 1 is 0.950 bits per heavy atom. The number of amides is 2. The number of nitrogens with one attached hydrogen (secondary N) is 1. The number of hydrogen-bond acceptors (Lipinski definition) is 4. The lowest BCUT2D eigenvalue weighted by Gasteiger charge is -2.32. The molecule has 1 unspecified atom stereocenters. The Kier molecular flexibility index (Phi) is 11.6. The number of carbonyl (C=O) groups excluding carboxylic acids is 2. The van der Waals surface area contributed by atoms with Crippen molar-refractivity contribution in [3.63, 3.8) is 0 Å². The molecule has 0 bridgehead atoms. The van der Waals surface area contributed by atoms with Crippen molar-refractivity contribution in [1.29, 1.82) is 0 Å². The summed E-state index contributed by atoms with van der Waals surface area (Å²) in [6, 6.07) is 23.3. The van der Waals surface area contributed by atoms with Crippen LogP contribution in [0.15, 0.2) is 78.9 Å². The molecule has 214 valence electrons. The van der Waals surface area contributed by atoms with Crippen LogP contribution in [0.3, 0.4) is 0 Å². The minimum Gasteiger partial charge on any atom is -0.354 e. The van der Waals surface area contributed by atoms with Crippen molar-refractivity contribution in [3.05, 3.63) is 101 Å². The first-order valence-corrected chi connectivity index (χ1v) is 15.7. The van der Waals surface area contributed by atoms with E-state index in [0.29, 0.717) is 23.7 Å². The lowest BCUT2D eigenvalue weighted by Crippen LogP contribution is -2.50. The highest BCUT2D eigenvalue weighted by Gasteiger charge is 2.30. The van der Waals surface area contributed by atoms with Crippen molar-refractivity contribution in [1.82, 2.24) is 10.2 Å². The van der Waals surface area contributed by atoms with Crippen LogP contribution in [-0.2, 0) is 32.6 Å². The van der Waals surface area contributed by atoms with Crippen LogP contribution in [0, 0.1) is 6.92 Å². The highest BCUT2D eigenvalue weighted by atomic mass is 35.5. The maximum Gasteiger partial charge on any atom is 0.243 e. The lowest BCUT2D eigenvalue weighted by atomic mass is 10.0. The van der Waals surface area contributed by atoms with Crippen molar-refractivity contribution in [3.8, 4) is 0 Å². The second-order valence-electron chi connectivity index (χ2n) is 9.86. The maximum atomic E-state index is 13.8. The van der Waals surface area contributed by atoms with Crippen LogP contribution in [0.5, 0.6) is 0 Å². The molecule has 0 heterocycles. The van der Waals surface area contributed by atoms with Gasteiger partial charge in [-0.25, -0.2) is 8.42 Å². The summed E-state index contributed by atoms with van der Waals surface area (Å²) in [6.07, 6.45) is 2.66. The average Bonchev–Trinajstić information content (AvgIpc) is 2.93. The molecule has 0 aliphatic heterocycles. The third-order valence-electron chi connectivity index (χ3n) is 6.69. The molecule has 2 amide bonds. The Hall–Kier alpha value is -3.36. The molecule has 1 atom stereocenters. The van der Waals surface area contributed by atoms with Crippen LogP contribution in [0.4, 0.5) is 5.69 Å². The quantitative estimate of drug-likeness (QED) is 0.277. The number of rotatable bonds is 14. The van der Waals surface area contributed by atoms with Crippen molar-refractivity contribution in [2.45, 2.75) is 52.1 Å². The van der Waals surface area contributed by atoms with Gasteiger partial charge in [-0.15, -0.1) is 0 Å². The van der Waals surface area contributed by atoms with Crippen molar-refractivity contribution in [2.24, 2.45) is 0 Å². The molecule has 3 aromatic rings. The van der Waals surface area contributed by atoms with Gasteiger partial charge in [-0.05, 0) is 60.7 Å². The molecular weight excluding hydrogens is 546 g/mol. The van der Waals surface area contributed by atoms with E-state index in [4.69, 9.17) is 11.6 Å². The summed E-state index contributed by atoms with van der Waals surface area (Å²) in [7, 11) is -3.58. The summed E-state index contributed by atoms with van der Waals surface area (Å²) in [5.41, 5.74) is 3.42. The van der Waals surface area contributed by atoms with Gasteiger partial charge in [0.2, 0.25) is 21.8 Å². The highest BCUT2D eigenvalue weighted by molar-refractivity contribution is 7.92. The Balaban J connectivity index is 1.87. The van der Waals surface area contributed by atoms with E-state index < -0.39 is 16.1 Å². The fraction of sp³-hybridized carbons (Fsp3) is 0.355. The monoisotopic (exact) mass is 583 g/mol. The summed E-state index contributed by atoms with van der Waals surface area (Å²) < 4.78 is 26.4. The molecule has 0 aromatic heterocycles. The standard InChI is InChI=1S/C31H38ClN3O4S/c1-4-20-33-31(37)29(22-25-12-6-5-7-13-25)34(23-26-14-9-8-11-24(26)2)30(36)15-10-21-35(40(3,38)39)28-18-16-27(32)17-19-28/h5-9,11-14,16-19,29H,4,10,15,20-23H2,1-3H3,(H,33,37). The molecule has 3 rings (SSSR count). The maximum absolute atomic E-state index is 13.8. The summed E-state index contributed by atoms with van der Waals surface area (Å²) in [6.45, 7) is 4.88. The molecule has 3 aromatic carbocycles. The molecule has 9 heteroatoms. The number of aryl methyl sites for hydroxylation is 1. The predicted molar refractivity (Wildman–Crippen MR) is 162 cm³/mol. The van der Waals surface area contributed by atoms with E-state index >= 15 is 0 Å². The molecule has 40 heavy (non-hydrogen) atoms. The topological polar surface area (TPSA) is 86.8 Å². The molecule has 0 fully saturated rings. The number of sulfonamides is 1. The van der Waals surface area contributed by atoms with Gasteiger partial charge in [0, 0.05) is 37.5 Å². The lowest BCUT2D eigenvalue weighted by molar-refractivity contribution is -0.141. The smallest absolute Gasteiger partial charge is 0.243 e. The molecule has 0 aliphatic rings. The second-order valence-corrected chi connectivity index (χ2v) is 12.2. The van der Waals surface area contributed by atoms with Crippen LogP contribution in [-0.4, -0.2) is 50.5 Å². The fourth-order valence-electron chi connectivity index (χ4n) is 4.50. The van der Waals surface area contributed by atoms with Crippen LogP contribution in [0.1, 0.15) is 42.9 Å². The third kappa shape index (κ3) is 9.10. The fourth-order valence-corrected chi connectivity index (χ4v) is 5.59. The van der Waals surface area contributed by atoms with E-state index in [2.05, 4.69) is 5.32 Å². The Labute approximate surface area is 243 Å². The second kappa shape index (κ2) is 14.9. The third-order valence-corrected chi connectivity index (χ3v) is 8.14. The first-order valence-electron chi connectivity index (χ1n) is 13.5. The van der Waals surface area contributed by atoms with E-state index in [9.17, 15) is 18.0 Å². The first-order chi connectivity index (χ1) is 19.1. The molecule has 1 N–H and O–H groups in total. The van der Waals surface area contributed by atoms with E-state index in [1.54, 1.807) is 29.2 Å². The zero-order chi connectivity index (χ0) is 29.1. The van der Waals surface area contributed by atoms with Gasteiger partial charge in [0.1, 0.15) is 6.04 Å². The van der Waals surface area contributed by atoms with Gasteiger partial charge >= 0.3 is 0 Å². The van der Waals surface area contributed by atoms with Gasteiger partial charge in [-0.2, -0.15) is 0 Å². The summed E-state index contributed by atoms with van der Waals surface area (Å²) in [5, 5.41) is 3.48. The molecule has 0 aliphatic carbocycles. The van der Waals surface area contributed by atoms with Crippen LogP contribution in [0.25, 0.3) is 0 Å². The van der Waals surface area contributed by atoms with E-state index in [1.807, 2.05) is 68.4 Å². The van der Waals surface area contributed by atoms with Crippen LogP contribution < -0.4 is 9.62 Å². The largest absolute Gasteiger partial charge is 0.354 e. The number of nitrogens with zero attached hydrogens (tertiary/aromatic N) is 2. The predicted octanol–water partition coefficient (Wildman–Crippen LogP) is 5.36. The first kappa shape index (κ1) is 31.2. The zero-order valence-electron chi connectivity index (χ0n) is 23.3. The van der Waals surface area contributed by atoms with E-state index in [0.717, 1.165) is 29.4 Å². The molecule has 7 nitrogen and oxygen atoms in total. The van der Waals surface area contributed by atoms with Gasteiger partial charge in [-0.1, -0.05) is 73.1 Å². The van der Waals surface area contributed by atoms with Gasteiger partial charge in [0.25, 0.3) is 0 Å². The normalized spacial score (nSPS) is 12.0. The zero-order valence-corrected chi connectivity index (χ0v) is 24.9. The number of carbonyl (C=O) groups is 2. The average molecular weight is 584 g/mol. The van der Waals surface area contributed by atoms with Gasteiger partial charge < -0.3 is 10.2 Å². The van der Waals surface area contributed by atoms with Crippen molar-refractivity contribution < 1.29 is 18.0 Å². The Morgan fingerprint density at radius 3 is 2.23 bits per heavy atom.